The fraction of sp³-hybridized carbons (Fsp3) is 0.719. The molecule has 0 aliphatic heterocycles. The SMILES string of the molecule is CC/C=C/C=C/C=C\CCCCCCCC(=O)OC(/C=C/CCCCCCCCCCCCC)C(COP(=O)([O-])OCC[N+](C)(C)C)NC(=O)CCCCCCCCC/C=C/C=C/C=C/CC. The van der Waals surface area contributed by atoms with E-state index in [1.807, 2.05) is 39.4 Å². The van der Waals surface area contributed by atoms with Crippen LogP contribution in [0.4, 0.5) is 0 Å². The Labute approximate surface area is 412 Å². The predicted molar refractivity (Wildman–Crippen MR) is 284 cm³/mol. The van der Waals surface area contributed by atoms with E-state index in [0.717, 1.165) is 96.3 Å². The number of esters is 1. The van der Waals surface area contributed by atoms with Gasteiger partial charge in [-0.2, -0.15) is 0 Å². The first-order valence-electron chi connectivity index (χ1n) is 27.0. The Bertz CT molecular complexity index is 1430. The van der Waals surface area contributed by atoms with Crippen molar-refractivity contribution in [1.29, 1.82) is 0 Å². The Hall–Kier alpha value is -2.81. The summed E-state index contributed by atoms with van der Waals surface area (Å²) in [6.07, 6.45) is 59.7. The first-order chi connectivity index (χ1) is 32.4. The van der Waals surface area contributed by atoms with Crippen molar-refractivity contribution in [2.75, 3.05) is 40.9 Å². The number of quaternary nitrogens is 1. The highest BCUT2D eigenvalue weighted by molar-refractivity contribution is 7.45. The van der Waals surface area contributed by atoms with Crippen LogP contribution in [0.5, 0.6) is 0 Å². The second-order valence-electron chi connectivity index (χ2n) is 19.1. The molecule has 0 fully saturated rings. The normalized spacial score (nSPS) is 14.6. The van der Waals surface area contributed by atoms with Gasteiger partial charge in [-0.1, -0.05) is 215 Å². The number of phosphoric acid groups is 1. The molecule has 10 heteroatoms. The first-order valence-corrected chi connectivity index (χ1v) is 28.4. The molecule has 3 atom stereocenters. The number of carbonyl (C=O) groups excluding carboxylic acids is 2. The van der Waals surface area contributed by atoms with Crippen molar-refractivity contribution in [3.63, 3.8) is 0 Å². The molecule has 1 amide bonds. The lowest BCUT2D eigenvalue weighted by molar-refractivity contribution is -0.870. The van der Waals surface area contributed by atoms with Gasteiger partial charge in [0.2, 0.25) is 5.91 Å². The predicted octanol–water partition coefficient (Wildman–Crippen LogP) is 15.2. The van der Waals surface area contributed by atoms with Crippen molar-refractivity contribution in [3.8, 4) is 0 Å². The molecule has 3 unspecified atom stereocenters. The number of phosphoric ester groups is 1. The highest BCUT2D eigenvalue weighted by atomic mass is 31.2. The van der Waals surface area contributed by atoms with Gasteiger partial charge >= 0.3 is 5.97 Å². The molecule has 9 nitrogen and oxygen atoms in total. The maximum absolute atomic E-state index is 13.4. The van der Waals surface area contributed by atoms with Gasteiger partial charge in [0.05, 0.1) is 33.8 Å². The molecule has 0 radical (unpaired) electrons. The fourth-order valence-corrected chi connectivity index (χ4v) is 8.01. The standard InChI is InChI=1S/C57H101N2O7P/c1-7-10-13-16-19-22-25-28-29-32-34-37-40-43-46-49-56(60)58-54(53-65-67(62,63)64-52-51-59(4,5)6)55(48-45-42-39-36-33-30-26-23-20-17-14-11-8-2)66-57(61)50-47-44-41-38-35-31-27-24-21-18-15-12-9-3/h10,12-13,15-16,18-19,21-22,24-25,27,45,48,54-55H,7-9,11,14,17,20,23,26,28-44,46-47,49-53H2,1-6H3,(H-,58,60,62,63)/b13-10+,15-12+,19-16+,21-18+,25-22+,27-24-,48-45+. The largest absolute Gasteiger partial charge is 0.756 e. The van der Waals surface area contributed by atoms with Gasteiger partial charge in [-0.3, -0.25) is 14.2 Å². The number of amides is 1. The Morgan fingerprint density at radius 1 is 0.537 bits per heavy atom. The van der Waals surface area contributed by atoms with Crippen molar-refractivity contribution in [3.05, 3.63) is 85.1 Å². The van der Waals surface area contributed by atoms with Gasteiger partial charge in [-0.15, -0.1) is 0 Å². The topological polar surface area (TPSA) is 114 Å². The minimum absolute atomic E-state index is 0.0323. The quantitative estimate of drug-likeness (QED) is 0.0161. The molecule has 386 valence electrons. The molecule has 0 spiro atoms. The van der Waals surface area contributed by atoms with Gasteiger partial charge in [0.25, 0.3) is 7.82 Å². The van der Waals surface area contributed by atoms with E-state index in [4.69, 9.17) is 13.8 Å². The molecule has 0 aromatic heterocycles. The van der Waals surface area contributed by atoms with Gasteiger partial charge in [0.1, 0.15) is 19.3 Å². The van der Waals surface area contributed by atoms with E-state index in [1.54, 1.807) is 0 Å². The molecule has 0 aromatic carbocycles. The summed E-state index contributed by atoms with van der Waals surface area (Å²) in [6, 6.07) is -0.905. The lowest BCUT2D eigenvalue weighted by atomic mass is 10.0. The van der Waals surface area contributed by atoms with Gasteiger partial charge in [-0.25, -0.2) is 0 Å². The molecule has 0 aliphatic rings. The average Bonchev–Trinajstić information content (AvgIpc) is 3.28. The van der Waals surface area contributed by atoms with Crippen LogP contribution in [0.15, 0.2) is 85.1 Å². The minimum atomic E-state index is -4.70. The van der Waals surface area contributed by atoms with E-state index in [9.17, 15) is 19.0 Å². The average molecular weight is 957 g/mol. The Kier molecular flexibility index (Phi) is 44.9. The lowest BCUT2D eigenvalue weighted by Crippen LogP contribution is -2.47. The summed E-state index contributed by atoms with van der Waals surface area (Å²) in [6.45, 7) is 6.53. The molecule has 0 aliphatic carbocycles. The van der Waals surface area contributed by atoms with Crippen LogP contribution in [-0.2, 0) is 27.9 Å². The van der Waals surface area contributed by atoms with Crippen molar-refractivity contribution in [2.24, 2.45) is 0 Å². The van der Waals surface area contributed by atoms with E-state index >= 15 is 0 Å². The summed E-state index contributed by atoms with van der Waals surface area (Å²) in [4.78, 5) is 39.7. The number of rotatable bonds is 47. The molecule has 0 heterocycles. The molecular formula is C57H101N2O7P. The van der Waals surface area contributed by atoms with Crippen LogP contribution in [0.2, 0.25) is 0 Å². The van der Waals surface area contributed by atoms with Gasteiger partial charge in [0, 0.05) is 12.8 Å². The summed E-state index contributed by atoms with van der Waals surface area (Å²) < 4.78 is 30.1. The summed E-state index contributed by atoms with van der Waals surface area (Å²) >= 11 is 0. The molecule has 1 N–H and O–H groups in total. The summed E-state index contributed by atoms with van der Waals surface area (Å²) in [7, 11) is 1.15. The number of unbranched alkanes of at least 4 members (excludes halogenated alkanes) is 23. The smallest absolute Gasteiger partial charge is 0.306 e. The highest BCUT2D eigenvalue weighted by Crippen LogP contribution is 2.38. The first kappa shape index (κ1) is 64.2. The number of allylic oxidation sites excluding steroid dienone is 13. The third-order valence-corrected chi connectivity index (χ3v) is 12.4. The zero-order chi connectivity index (χ0) is 49.4. The molecule has 0 bridgehead atoms. The van der Waals surface area contributed by atoms with Crippen molar-refractivity contribution < 1.29 is 37.3 Å². The van der Waals surface area contributed by atoms with Gasteiger partial charge in [-0.05, 0) is 70.3 Å². The maximum Gasteiger partial charge on any atom is 0.306 e. The molecule has 0 aromatic rings. The number of nitrogens with zero attached hydrogens (tertiary/aromatic N) is 1. The number of carbonyl (C=O) groups is 2. The van der Waals surface area contributed by atoms with E-state index in [-0.39, 0.29) is 24.9 Å². The van der Waals surface area contributed by atoms with Crippen LogP contribution in [-0.4, -0.2) is 69.4 Å². The van der Waals surface area contributed by atoms with E-state index in [1.165, 1.54) is 77.0 Å². The molecular weight excluding hydrogens is 856 g/mol. The summed E-state index contributed by atoms with van der Waals surface area (Å²) in [5, 5.41) is 3.00. The van der Waals surface area contributed by atoms with Crippen LogP contribution >= 0.6 is 7.82 Å². The summed E-state index contributed by atoms with van der Waals surface area (Å²) in [5.74, 6) is -0.585. The summed E-state index contributed by atoms with van der Waals surface area (Å²) in [5.41, 5.74) is 0. The zero-order valence-electron chi connectivity index (χ0n) is 43.8. The van der Waals surface area contributed by atoms with Crippen LogP contribution < -0.4 is 10.2 Å². The van der Waals surface area contributed by atoms with Crippen molar-refractivity contribution in [1.82, 2.24) is 5.32 Å². The Morgan fingerprint density at radius 2 is 0.955 bits per heavy atom. The minimum Gasteiger partial charge on any atom is -0.756 e. The Morgan fingerprint density at radius 3 is 1.42 bits per heavy atom. The van der Waals surface area contributed by atoms with Crippen molar-refractivity contribution in [2.45, 2.75) is 226 Å². The molecule has 0 rings (SSSR count). The van der Waals surface area contributed by atoms with Crippen LogP contribution in [0, 0.1) is 0 Å². The number of ether oxygens (including phenoxy) is 1. The van der Waals surface area contributed by atoms with E-state index in [2.05, 4.69) is 92.9 Å². The number of likely N-dealkylation sites (N-methyl/N-ethyl adjacent to an activating group) is 1. The van der Waals surface area contributed by atoms with Crippen LogP contribution in [0.3, 0.4) is 0 Å². The number of hydrogen-bond donors (Lipinski definition) is 1. The highest BCUT2D eigenvalue weighted by Gasteiger charge is 2.27. The van der Waals surface area contributed by atoms with Gasteiger partial charge < -0.3 is 28.5 Å². The lowest BCUT2D eigenvalue weighted by Gasteiger charge is -2.30. The molecule has 0 saturated carbocycles. The second-order valence-corrected chi connectivity index (χ2v) is 20.5. The zero-order valence-corrected chi connectivity index (χ0v) is 44.7. The second kappa shape index (κ2) is 46.9. The maximum atomic E-state index is 13.4. The third kappa shape index (κ3) is 48.0. The fourth-order valence-electron chi connectivity index (χ4n) is 7.28. The Balaban J connectivity index is 5.47. The van der Waals surface area contributed by atoms with Crippen LogP contribution in [0.1, 0.15) is 213 Å². The van der Waals surface area contributed by atoms with Crippen molar-refractivity contribution >= 4 is 19.7 Å². The number of nitrogens with one attached hydrogen (secondary N) is 1. The third-order valence-electron chi connectivity index (χ3n) is 11.4. The number of hydrogen-bond acceptors (Lipinski definition) is 7. The molecule has 0 saturated heterocycles. The molecule has 67 heavy (non-hydrogen) atoms. The van der Waals surface area contributed by atoms with Crippen LogP contribution in [0.25, 0.3) is 0 Å². The monoisotopic (exact) mass is 957 g/mol. The van der Waals surface area contributed by atoms with Gasteiger partial charge in [0.15, 0.2) is 0 Å². The van der Waals surface area contributed by atoms with E-state index in [0.29, 0.717) is 23.9 Å². The van der Waals surface area contributed by atoms with E-state index < -0.39 is 26.6 Å².